The van der Waals surface area contributed by atoms with Crippen molar-refractivity contribution in [3.05, 3.63) is 77.1 Å². The van der Waals surface area contributed by atoms with Gasteiger partial charge in [-0.25, -0.2) is 15.0 Å². The molecule has 0 radical (unpaired) electrons. The molecule has 146 valence electrons. The molecule has 0 saturated carbocycles. The van der Waals surface area contributed by atoms with Crippen LogP contribution in [-0.2, 0) is 10.3 Å². The fourth-order valence-electron chi connectivity index (χ4n) is 3.38. The zero-order chi connectivity index (χ0) is 20.6. The van der Waals surface area contributed by atoms with E-state index in [-0.39, 0.29) is 17.9 Å². The lowest BCUT2D eigenvalue weighted by molar-refractivity contribution is -0.129. The van der Waals surface area contributed by atoms with Crippen LogP contribution >= 0.6 is 11.6 Å². The number of aromatic nitrogens is 2. The van der Waals surface area contributed by atoms with Crippen molar-refractivity contribution < 1.29 is 9.53 Å². The van der Waals surface area contributed by atoms with Crippen molar-refractivity contribution >= 4 is 23.5 Å². The van der Waals surface area contributed by atoms with Gasteiger partial charge in [-0.05, 0) is 34.9 Å². The fraction of sp³-hybridized carbons (Fsp3) is 0.143. The number of carbonyl (C=O) groups excluding carboxylic acids is 1. The van der Waals surface area contributed by atoms with Crippen molar-refractivity contribution in [3.63, 3.8) is 0 Å². The van der Waals surface area contributed by atoms with E-state index < -0.39 is 5.54 Å². The van der Waals surface area contributed by atoms with E-state index in [2.05, 4.69) is 15.0 Å². The summed E-state index contributed by atoms with van der Waals surface area (Å²) in [5, 5.41) is 0.630. The molecule has 29 heavy (non-hydrogen) atoms. The largest absolute Gasteiger partial charge is 0.467 e. The van der Waals surface area contributed by atoms with Gasteiger partial charge in [-0.1, -0.05) is 41.9 Å². The third kappa shape index (κ3) is 3.09. The molecular formula is C21H18ClN5O2. The standard InChI is InChI=1S/C21H18ClN5O2/c1-27-18(28)21(26-19(27)23,16-11-24-20(29-2)25-12-16)15-7-3-5-13(9-15)14-6-4-8-17(22)10-14/h3-12H,1-2H3,(H2,23,26). The number of guanidine groups is 1. The van der Waals surface area contributed by atoms with Gasteiger partial charge < -0.3 is 10.5 Å². The van der Waals surface area contributed by atoms with Crippen LogP contribution in [0.3, 0.4) is 0 Å². The van der Waals surface area contributed by atoms with E-state index in [0.29, 0.717) is 16.1 Å². The number of amides is 1. The molecule has 4 rings (SSSR count). The first kappa shape index (κ1) is 18.9. The molecule has 2 aromatic carbocycles. The third-order valence-corrected chi connectivity index (χ3v) is 5.14. The predicted molar refractivity (Wildman–Crippen MR) is 111 cm³/mol. The highest BCUT2D eigenvalue weighted by Crippen LogP contribution is 2.40. The number of benzene rings is 2. The zero-order valence-corrected chi connectivity index (χ0v) is 16.6. The van der Waals surface area contributed by atoms with Crippen LogP contribution in [0.1, 0.15) is 11.1 Å². The Balaban J connectivity index is 1.91. The number of halogens is 1. The monoisotopic (exact) mass is 407 g/mol. The number of rotatable bonds is 4. The molecule has 0 aliphatic carbocycles. The minimum atomic E-state index is -1.38. The summed E-state index contributed by atoms with van der Waals surface area (Å²) >= 11 is 6.15. The second-order valence-electron chi connectivity index (χ2n) is 6.59. The highest BCUT2D eigenvalue weighted by Gasteiger charge is 2.50. The van der Waals surface area contributed by atoms with E-state index in [0.717, 1.165) is 11.1 Å². The maximum Gasteiger partial charge on any atom is 0.316 e. The molecular weight excluding hydrogens is 390 g/mol. The molecule has 1 unspecified atom stereocenters. The molecule has 1 aliphatic rings. The highest BCUT2D eigenvalue weighted by atomic mass is 35.5. The number of ether oxygens (including phenoxy) is 1. The number of aliphatic imine (C=N–C) groups is 1. The maximum absolute atomic E-state index is 13.3. The molecule has 2 heterocycles. The first-order valence-electron chi connectivity index (χ1n) is 8.82. The Kier molecular flexibility index (Phi) is 4.68. The summed E-state index contributed by atoms with van der Waals surface area (Å²) in [7, 11) is 3.07. The zero-order valence-electron chi connectivity index (χ0n) is 15.8. The van der Waals surface area contributed by atoms with Crippen LogP contribution in [-0.4, -0.2) is 40.9 Å². The van der Waals surface area contributed by atoms with Gasteiger partial charge in [0, 0.05) is 30.0 Å². The van der Waals surface area contributed by atoms with Crippen LogP contribution in [0.5, 0.6) is 6.01 Å². The van der Waals surface area contributed by atoms with Crippen molar-refractivity contribution in [3.8, 4) is 17.1 Å². The van der Waals surface area contributed by atoms with Gasteiger partial charge in [-0.2, -0.15) is 0 Å². The number of nitrogens with two attached hydrogens (primary N) is 1. The number of likely N-dealkylation sites (N-methyl/N-ethyl adjacent to an activating group) is 1. The number of hydrogen-bond acceptors (Lipinski definition) is 6. The summed E-state index contributed by atoms with van der Waals surface area (Å²) in [6.07, 6.45) is 3.07. The Morgan fingerprint density at radius 1 is 1.03 bits per heavy atom. The molecule has 0 spiro atoms. The molecule has 1 amide bonds. The van der Waals surface area contributed by atoms with Gasteiger partial charge in [0.1, 0.15) is 0 Å². The summed E-state index contributed by atoms with van der Waals surface area (Å²) in [5.41, 5.74) is 7.62. The van der Waals surface area contributed by atoms with Crippen molar-refractivity contribution in [2.24, 2.45) is 10.7 Å². The van der Waals surface area contributed by atoms with Crippen LogP contribution < -0.4 is 10.5 Å². The van der Waals surface area contributed by atoms with Gasteiger partial charge in [-0.15, -0.1) is 0 Å². The average Bonchev–Trinajstić information content (AvgIpc) is 2.99. The van der Waals surface area contributed by atoms with Crippen LogP contribution in [0.4, 0.5) is 0 Å². The van der Waals surface area contributed by atoms with E-state index in [1.807, 2.05) is 48.5 Å². The summed E-state index contributed by atoms with van der Waals surface area (Å²) in [6, 6.07) is 15.3. The SMILES string of the molecule is COc1ncc(C2(c3cccc(-c4cccc(Cl)c4)c3)N=C(N)N(C)C2=O)cn1. The smallest absolute Gasteiger partial charge is 0.316 e. The molecule has 1 aromatic heterocycles. The van der Waals surface area contributed by atoms with Crippen molar-refractivity contribution in [1.29, 1.82) is 0 Å². The second-order valence-corrected chi connectivity index (χ2v) is 7.03. The molecule has 0 bridgehead atoms. The van der Waals surface area contributed by atoms with Gasteiger partial charge >= 0.3 is 6.01 Å². The third-order valence-electron chi connectivity index (χ3n) is 4.91. The Hall–Kier alpha value is -3.45. The predicted octanol–water partition coefficient (Wildman–Crippen LogP) is 2.84. The number of nitrogens with zero attached hydrogens (tertiary/aromatic N) is 4. The fourth-order valence-corrected chi connectivity index (χ4v) is 3.57. The van der Waals surface area contributed by atoms with Crippen molar-refractivity contribution in [2.45, 2.75) is 5.54 Å². The topological polar surface area (TPSA) is 93.7 Å². The van der Waals surface area contributed by atoms with Crippen LogP contribution in [0.25, 0.3) is 11.1 Å². The molecule has 1 atom stereocenters. The molecule has 2 N–H and O–H groups in total. The summed E-state index contributed by atoms with van der Waals surface area (Å²) in [4.78, 5) is 27.5. The van der Waals surface area contributed by atoms with Crippen molar-refractivity contribution in [1.82, 2.24) is 14.9 Å². The Bertz CT molecular complexity index is 1120. The highest BCUT2D eigenvalue weighted by molar-refractivity contribution is 6.30. The summed E-state index contributed by atoms with van der Waals surface area (Å²) in [5.74, 6) is -0.161. The van der Waals surface area contributed by atoms with Gasteiger partial charge in [-0.3, -0.25) is 9.69 Å². The van der Waals surface area contributed by atoms with E-state index in [1.54, 1.807) is 7.05 Å². The first-order valence-corrected chi connectivity index (χ1v) is 9.20. The normalized spacial score (nSPS) is 18.7. The lowest BCUT2D eigenvalue weighted by atomic mass is 9.83. The summed E-state index contributed by atoms with van der Waals surface area (Å²) in [6.45, 7) is 0. The molecule has 7 nitrogen and oxygen atoms in total. The molecule has 8 heteroatoms. The Morgan fingerprint density at radius 2 is 1.69 bits per heavy atom. The van der Waals surface area contributed by atoms with Gasteiger partial charge in [0.2, 0.25) is 0 Å². The second kappa shape index (κ2) is 7.18. The molecule has 1 aliphatic heterocycles. The molecule has 3 aromatic rings. The maximum atomic E-state index is 13.3. The minimum Gasteiger partial charge on any atom is -0.467 e. The Labute approximate surface area is 172 Å². The lowest BCUT2D eigenvalue weighted by Gasteiger charge is -2.26. The van der Waals surface area contributed by atoms with Gasteiger partial charge in [0.25, 0.3) is 5.91 Å². The van der Waals surface area contributed by atoms with E-state index >= 15 is 0 Å². The van der Waals surface area contributed by atoms with Crippen LogP contribution in [0, 0.1) is 0 Å². The molecule has 0 fully saturated rings. The number of hydrogen-bond donors (Lipinski definition) is 1. The van der Waals surface area contributed by atoms with E-state index in [1.165, 1.54) is 24.4 Å². The summed E-state index contributed by atoms with van der Waals surface area (Å²) < 4.78 is 5.04. The lowest BCUT2D eigenvalue weighted by Crippen LogP contribution is -2.41. The van der Waals surface area contributed by atoms with E-state index in [4.69, 9.17) is 22.1 Å². The van der Waals surface area contributed by atoms with E-state index in [9.17, 15) is 4.79 Å². The molecule has 0 saturated heterocycles. The first-order chi connectivity index (χ1) is 14.0. The Morgan fingerprint density at radius 3 is 2.28 bits per heavy atom. The van der Waals surface area contributed by atoms with Crippen molar-refractivity contribution in [2.75, 3.05) is 14.2 Å². The minimum absolute atomic E-state index is 0.124. The number of carbonyl (C=O) groups is 1. The van der Waals surface area contributed by atoms with Gasteiger partial charge in [0.15, 0.2) is 11.5 Å². The average molecular weight is 408 g/mol. The van der Waals surface area contributed by atoms with Gasteiger partial charge in [0.05, 0.1) is 7.11 Å². The van der Waals surface area contributed by atoms with Crippen LogP contribution in [0.2, 0.25) is 5.02 Å². The quantitative estimate of drug-likeness (QED) is 0.717. The number of methoxy groups -OCH3 is 1. The van der Waals surface area contributed by atoms with Crippen LogP contribution in [0.15, 0.2) is 65.9 Å².